The van der Waals surface area contributed by atoms with E-state index in [0.717, 1.165) is 28.0 Å². The van der Waals surface area contributed by atoms with Crippen LogP contribution in [0.1, 0.15) is 5.69 Å². The van der Waals surface area contributed by atoms with Gasteiger partial charge >= 0.3 is 11.9 Å². The lowest BCUT2D eigenvalue weighted by Gasteiger charge is -2.04. The van der Waals surface area contributed by atoms with E-state index in [1.54, 1.807) is 6.26 Å². The highest BCUT2D eigenvalue weighted by Gasteiger charge is 2.07. The first-order chi connectivity index (χ1) is 14.5. The van der Waals surface area contributed by atoms with E-state index in [1.807, 2.05) is 48.8 Å². The van der Waals surface area contributed by atoms with E-state index in [4.69, 9.17) is 20.4 Å². The number of aliphatic carboxylic acids is 2. The molecule has 9 nitrogen and oxygen atoms in total. The van der Waals surface area contributed by atoms with Crippen LogP contribution in [0.4, 0.5) is 0 Å². The summed E-state index contributed by atoms with van der Waals surface area (Å²) in [6.45, 7) is 0.378. The van der Waals surface area contributed by atoms with Crippen molar-refractivity contribution < 1.29 is 24.2 Å². The largest absolute Gasteiger partial charge is 0.478 e. The van der Waals surface area contributed by atoms with Crippen LogP contribution in [0.25, 0.3) is 28.2 Å². The number of oxazole rings is 1. The number of imidazole rings is 1. The SMILES string of the molecule is NCc1coc(-c2ccc(-n3cnc4ccccc43)cc2)n1.O=C(O)C=CC(=O)O. The summed E-state index contributed by atoms with van der Waals surface area (Å²) in [5.74, 6) is -1.93. The Labute approximate surface area is 170 Å². The van der Waals surface area contributed by atoms with Crippen LogP contribution in [0.5, 0.6) is 0 Å². The zero-order valence-corrected chi connectivity index (χ0v) is 15.7. The van der Waals surface area contributed by atoms with E-state index in [9.17, 15) is 9.59 Å². The fraction of sp³-hybridized carbons (Fsp3) is 0.0476. The summed E-state index contributed by atoms with van der Waals surface area (Å²) in [7, 11) is 0. The minimum Gasteiger partial charge on any atom is -0.478 e. The predicted octanol–water partition coefficient (Wildman–Crippen LogP) is 2.85. The van der Waals surface area contributed by atoms with Gasteiger partial charge in [-0.2, -0.15) is 0 Å². The molecule has 0 atom stereocenters. The van der Waals surface area contributed by atoms with Crippen LogP contribution in [0.2, 0.25) is 0 Å². The van der Waals surface area contributed by atoms with Crippen LogP contribution in [-0.4, -0.2) is 36.7 Å². The lowest BCUT2D eigenvalue weighted by molar-refractivity contribution is -0.134. The molecular formula is C21H18N4O5. The quantitative estimate of drug-likeness (QED) is 0.429. The first kappa shape index (κ1) is 20.5. The lowest BCUT2D eigenvalue weighted by Crippen LogP contribution is -1.95. The Bertz CT molecular complexity index is 1180. The van der Waals surface area contributed by atoms with Gasteiger partial charge in [0.2, 0.25) is 5.89 Å². The smallest absolute Gasteiger partial charge is 0.328 e. The number of nitrogens with zero attached hydrogens (tertiary/aromatic N) is 3. The van der Waals surface area contributed by atoms with Crippen LogP contribution >= 0.6 is 0 Å². The maximum Gasteiger partial charge on any atom is 0.328 e. The highest BCUT2D eigenvalue weighted by molar-refractivity contribution is 5.89. The summed E-state index contributed by atoms with van der Waals surface area (Å²) in [5, 5.41) is 15.6. The van der Waals surface area contributed by atoms with Gasteiger partial charge in [-0.3, -0.25) is 4.57 Å². The van der Waals surface area contributed by atoms with Crippen LogP contribution in [0.15, 0.2) is 77.7 Å². The number of carboxylic acid groups (broad SMARTS) is 2. The van der Waals surface area contributed by atoms with Gasteiger partial charge in [0.05, 0.1) is 16.7 Å². The van der Waals surface area contributed by atoms with Gasteiger partial charge in [-0.25, -0.2) is 19.6 Å². The van der Waals surface area contributed by atoms with Gasteiger partial charge in [0.15, 0.2) is 0 Å². The van der Waals surface area contributed by atoms with E-state index in [-0.39, 0.29) is 0 Å². The molecule has 0 aliphatic heterocycles. The number of aromatic nitrogens is 3. The third-order valence-electron chi connectivity index (χ3n) is 3.98. The van der Waals surface area contributed by atoms with Crippen LogP contribution in [-0.2, 0) is 16.1 Å². The molecular weight excluding hydrogens is 388 g/mol. The second-order valence-corrected chi connectivity index (χ2v) is 6.01. The molecule has 0 amide bonds. The minimum atomic E-state index is -1.26. The van der Waals surface area contributed by atoms with Crippen molar-refractivity contribution in [3.8, 4) is 17.1 Å². The Hall–Kier alpha value is -4.24. The highest BCUT2D eigenvalue weighted by atomic mass is 16.4. The van der Waals surface area contributed by atoms with Crippen molar-refractivity contribution in [1.82, 2.24) is 14.5 Å². The molecule has 0 unspecified atom stereocenters. The Morgan fingerprint density at radius 1 is 1.03 bits per heavy atom. The molecule has 30 heavy (non-hydrogen) atoms. The number of hydrogen-bond acceptors (Lipinski definition) is 6. The molecule has 2 heterocycles. The van der Waals surface area contributed by atoms with Gasteiger partial charge in [0.1, 0.15) is 12.6 Å². The summed E-state index contributed by atoms with van der Waals surface area (Å²) in [4.78, 5) is 27.8. The van der Waals surface area contributed by atoms with Crippen LogP contribution < -0.4 is 5.73 Å². The lowest BCUT2D eigenvalue weighted by atomic mass is 10.2. The molecule has 0 fully saturated rings. The van der Waals surface area contributed by atoms with Gasteiger partial charge in [0, 0.05) is 29.9 Å². The van der Waals surface area contributed by atoms with E-state index < -0.39 is 11.9 Å². The summed E-state index contributed by atoms with van der Waals surface area (Å²) in [5.41, 5.74) is 10.3. The molecule has 2 aromatic carbocycles. The maximum absolute atomic E-state index is 9.55. The molecule has 4 rings (SSSR count). The minimum absolute atomic E-state index is 0.378. The molecule has 152 valence electrons. The standard InChI is InChI=1S/C17H14N4O.C4H4O4/c18-9-13-10-22-17(20-13)12-5-7-14(8-6-12)21-11-19-15-3-1-2-4-16(15)21;5-3(6)1-2-4(7)8/h1-8,10-11H,9,18H2;1-2H,(H,5,6)(H,7,8). The zero-order valence-electron chi connectivity index (χ0n) is 15.7. The number of carboxylic acids is 2. The molecule has 2 aromatic heterocycles. The molecule has 0 saturated carbocycles. The summed E-state index contributed by atoms with van der Waals surface area (Å²) in [6, 6.07) is 16.1. The Morgan fingerprint density at radius 3 is 2.30 bits per heavy atom. The number of hydrogen-bond donors (Lipinski definition) is 3. The number of carbonyl (C=O) groups is 2. The van der Waals surface area contributed by atoms with E-state index in [0.29, 0.717) is 24.6 Å². The second kappa shape index (κ2) is 9.30. The van der Waals surface area contributed by atoms with E-state index >= 15 is 0 Å². The van der Waals surface area contributed by atoms with Gasteiger partial charge in [0.25, 0.3) is 0 Å². The number of rotatable bonds is 5. The fourth-order valence-electron chi connectivity index (χ4n) is 2.61. The fourth-order valence-corrected chi connectivity index (χ4v) is 2.61. The zero-order chi connectivity index (χ0) is 21.5. The van der Waals surface area contributed by atoms with E-state index in [2.05, 4.69) is 20.6 Å². The summed E-state index contributed by atoms with van der Waals surface area (Å²) in [6.07, 6.45) is 4.54. The number of fused-ring (bicyclic) bond motifs is 1. The normalized spacial score (nSPS) is 10.7. The molecule has 0 spiro atoms. The van der Waals surface area contributed by atoms with Gasteiger partial charge in [-0.15, -0.1) is 0 Å². The third kappa shape index (κ3) is 4.97. The average molecular weight is 406 g/mol. The topological polar surface area (TPSA) is 144 Å². The molecule has 0 aliphatic carbocycles. The first-order valence-electron chi connectivity index (χ1n) is 8.79. The average Bonchev–Trinajstić information content (AvgIpc) is 3.40. The Morgan fingerprint density at radius 2 is 1.70 bits per heavy atom. The van der Waals surface area contributed by atoms with Crippen molar-refractivity contribution in [2.24, 2.45) is 5.73 Å². The number of benzene rings is 2. The number of para-hydroxylation sites is 2. The molecule has 0 saturated heterocycles. The maximum atomic E-state index is 9.55. The summed E-state index contributed by atoms with van der Waals surface area (Å²) >= 11 is 0. The van der Waals surface area contributed by atoms with Crippen molar-refractivity contribution in [2.75, 3.05) is 0 Å². The van der Waals surface area contributed by atoms with Crippen molar-refractivity contribution in [3.63, 3.8) is 0 Å². The number of nitrogens with two attached hydrogens (primary N) is 1. The highest BCUT2D eigenvalue weighted by Crippen LogP contribution is 2.22. The van der Waals surface area contributed by atoms with Crippen LogP contribution in [0, 0.1) is 0 Å². The first-order valence-corrected chi connectivity index (χ1v) is 8.79. The van der Waals surface area contributed by atoms with Crippen molar-refractivity contribution in [3.05, 3.63) is 79.0 Å². The van der Waals surface area contributed by atoms with Gasteiger partial charge in [-0.1, -0.05) is 12.1 Å². The molecule has 0 aliphatic rings. The monoisotopic (exact) mass is 406 g/mol. The third-order valence-corrected chi connectivity index (χ3v) is 3.98. The van der Waals surface area contributed by atoms with Crippen molar-refractivity contribution in [2.45, 2.75) is 6.54 Å². The molecule has 4 aromatic rings. The van der Waals surface area contributed by atoms with Crippen molar-refractivity contribution in [1.29, 1.82) is 0 Å². The Kier molecular flexibility index (Phi) is 6.36. The second-order valence-electron chi connectivity index (χ2n) is 6.01. The predicted molar refractivity (Wildman–Crippen MR) is 109 cm³/mol. The summed E-state index contributed by atoms with van der Waals surface area (Å²) < 4.78 is 7.49. The van der Waals surface area contributed by atoms with Gasteiger partial charge in [-0.05, 0) is 36.4 Å². The molecule has 9 heteroatoms. The van der Waals surface area contributed by atoms with Crippen LogP contribution in [0.3, 0.4) is 0 Å². The van der Waals surface area contributed by atoms with Crippen molar-refractivity contribution >= 4 is 23.0 Å². The van der Waals surface area contributed by atoms with Gasteiger partial charge < -0.3 is 20.4 Å². The molecule has 4 N–H and O–H groups in total. The van der Waals surface area contributed by atoms with E-state index in [1.165, 1.54) is 0 Å². The molecule has 0 radical (unpaired) electrons. The molecule has 0 bridgehead atoms. The Balaban J connectivity index is 0.000000275.